The summed E-state index contributed by atoms with van der Waals surface area (Å²) < 4.78 is 3.03. The summed E-state index contributed by atoms with van der Waals surface area (Å²) in [5, 5.41) is 16.9. The first-order chi connectivity index (χ1) is 11.6. The number of carbonyl (C=O) groups is 1. The molecule has 3 aromatic rings. The van der Waals surface area contributed by atoms with Gasteiger partial charge in [-0.1, -0.05) is 18.2 Å². The van der Waals surface area contributed by atoms with E-state index < -0.39 is 6.10 Å². The number of hydrogen-bond acceptors (Lipinski definition) is 4. The summed E-state index contributed by atoms with van der Waals surface area (Å²) in [6.07, 6.45) is 4.55. The minimum Gasteiger partial charge on any atom is -0.386 e. The van der Waals surface area contributed by atoms with E-state index in [1.807, 2.05) is 48.0 Å². The number of urea groups is 1. The molecule has 2 aromatic heterocycles. The largest absolute Gasteiger partial charge is 0.386 e. The molecule has 126 valence electrons. The maximum atomic E-state index is 11.9. The highest BCUT2D eigenvalue weighted by Crippen LogP contribution is 2.29. The Labute approximate surface area is 144 Å². The van der Waals surface area contributed by atoms with Gasteiger partial charge in [0, 0.05) is 34.6 Å². The molecule has 0 saturated carbocycles. The van der Waals surface area contributed by atoms with Gasteiger partial charge in [-0.2, -0.15) is 0 Å². The van der Waals surface area contributed by atoms with E-state index in [1.54, 1.807) is 23.9 Å². The standard InChI is InChI=1S/C17H20N4O2S/c1-12(10-21-7-6-18-11-21)20-17(23)19-9-14(22)16-8-13-4-2-3-5-15(13)24-16/h2-8,11-12,14,22H,9-10H2,1H3,(H2,19,20,23). The Morgan fingerprint density at radius 1 is 1.42 bits per heavy atom. The van der Waals surface area contributed by atoms with Crippen LogP contribution < -0.4 is 10.6 Å². The number of rotatable bonds is 6. The highest BCUT2D eigenvalue weighted by Gasteiger charge is 2.14. The van der Waals surface area contributed by atoms with Gasteiger partial charge in [-0.15, -0.1) is 11.3 Å². The second kappa shape index (κ2) is 7.46. The normalized spacial score (nSPS) is 13.6. The van der Waals surface area contributed by atoms with Gasteiger partial charge in [-0.3, -0.25) is 0 Å². The van der Waals surface area contributed by atoms with Crippen LogP contribution in [0.5, 0.6) is 0 Å². The van der Waals surface area contributed by atoms with Gasteiger partial charge < -0.3 is 20.3 Å². The van der Waals surface area contributed by atoms with Crippen LogP contribution in [0.25, 0.3) is 10.1 Å². The van der Waals surface area contributed by atoms with Crippen LogP contribution in [0, 0.1) is 0 Å². The van der Waals surface area contributed by atoms with Gasteiger partial charge in [-0.05, 0) is 24.4 Å². The lowest BCUT2D eigenvalue weighted by molar-refractivity contribution is 0.175. The number of aliphatic hydroxyl groups excluding tert-OH is 1. The summed E-state index contributed by atoms with van der Waals surface area (Å²) in [4.78, 5) is 16.8. The zero-order valence-electron chi connectivity index (χ0n) is 13.3. The molecule has 0 aliphatic carbocycles. The van der Waals surface area contributed by atoms with Crippen LogP contribution >= 0.6 is 11.3 Å². The number of aliphatic hydroxyl groups is 1. The Hall–Kier alpha value is -2.38. The quantitative estimate of drug-likeness (QED) is 0.643. The zero-order valence-corrected chi connectivity index (χ0v) is 14.2. The Bertz CT molecular complexity index is 767. The average molecular weight is 344 g/mol. The van der Waals surface area contributed by atoms with Crippen molar-refractivity contribution in [2.24, 2.45) is 0 Å². The van der Waals surface area contributed by atoms with E-state index in [2.05, 4.69) is 15.6 Å². The number of amides is 2. The van der Waals surface area contributed by atoms with Crippen molar-refractivity contribution in [2.75, 3.05) is 6.54 Å². The van der Waals surface area contributed by atoms with Gasteiger partial charge >= 0.3 is 6.03 Å². The fourth-order valence-electron chi connectivity index (χ4n) is 2.49. The van der Waals surface area contributed by atoms with Gasteiger partial charge in [0.15, 0.2) is 0 Å². The maximum Gasteiger partial charge on any atom is 0.315 e. The lowest BCUT2D eigenvalue weighted by atomic mass is 10.2. The molecule has 0 saturated heterocycles. The van der Waals surface area contributed by atoms with Crippen LogP contribution in [-0.2, 0) is 6.54 Å². The lowest BCUT2D eigenvalue weighted by Gasteiger charge is -2.16. The molecule has 2 amide bonds. The number of carbonyl (C=O) groups excluding carboxylic acids is 1. The molecule has 6 nitrogen and oxygen atoms in total. The third kappa shape index (κ3) is 4.12. The van der Waals surface area contributed by atoms with Crippen molar-refractivity contribution in [3.05, 3.63) is 53.9 Å². The molecule has 1 aromatic carbocycles. The molecule has 3 rings (SSSR count). The first kappa shape index (κ1) is 16.5. The molecule has 7 heteroatoms. The van der Waals surface area contributed by atoms with Crippen molar-refractivity contribution >= 4 is 27.5 Å². The van der Waals surface area contributed by atoms with Crippen molar-refractivity contribution in [2.45, 2.75) is 25.6 Å². The number of nitrogens with zero attached hydrogens (tertiary/aromatic N) is 2. The van der Waals surface area contributed by atoms with Gasteiger partial charge in [0.2, 0.25) is 0 Å². The first-order valence-corrected chi connectivity index (χ1v) is 8.60. The highest BCUT2D eigenvalue weighted by atomic mass is 32.1. The number of benzene rings is 1. The van der Waals surface area contributed by atoms with Gasteiger partial charge in [0.25, 0.3) is 0 Å². The molecule has 3 N–H and O–H groups in total. The van der Waals surface area contributed by atoms with E-state index in [0.29, 0.717) is 6.54 Å². The number of imidazole rings is 1. The van der Waals surface area contributed by atoms with Gasteiger partial charge in [-0.25, -0.2) is 9.78 Å². The summed E-state index contributed by atoms with van der Waals surface area (Å²) in [5.41, 5.74) is 0. The van der Waals surface area contributed by atoms with E-state index in [1.165, 1.54) is 0 Å². The third-order valence-electron chi connectivity index (χ3n) is 3.65. The molecule has 0 spiro atoms. The molecule has 0 fully saturated rings. The number of thiophene rings is 1. The predicted molar refractivity (Wildman–Crippen MR) is 95.0 cm³/mol. The lowest BCUT2D eigenvalue weighted by Crippen LogP contribution is -2.43. The monoisotopic (exact) mass is 344 g/mol. The maximum absolute atomic E-state index is 11.9. The molecule has 2 heterocycles. The third-order valence-corrected chi connectivity index (χ3v) is 4.87. The van der Waals surface area contributed by atoms with Crippen LogP contribution in [0.1, 0.15) is 17.9 Å². The average Bonchev–Trinajstić information content (AvgIpc) is 3.21. The van der Waals surface area contributed by atoms with E-state index in [-0.39, 0.29) is 18.6 Å². The van der Waals surface area contributed by atoms with Crippen LogP contribution in [0.3, 0.4) is 0 Å². The molecule has 0 radical (unpaired) electrons. The number of aromatic nitrogens is 2. The molecular formula is C17H20N4O2S. The molecule has 2 atom stereocenters. The van der Waals surface area contributed by atoms with E-state index in [4.69, 9.17) is 0 Å². The van der Waals surface area contributed by atoms with Crippen LogP contribution in [0.2, 0.25) is 0 Å². The minimum atomic E-state index is -0.711. The molecule has 0 aliphatic heterocycles. The topological polar surface area (TPSA) is 79.2 Å². The van der Waals surface area contributed by atoms with Gasteiger partial charge in [0.1, 0.15) is 6.10 Å². The Morgan fingerprint density at radius 3 is 3.00 bits per heavy atom. The minimum absolute atomic E-state index is 0.0410. The Morgan fingerprint density at radius 2 is 2.25 bits per heavy atom. The van der Waals surface area contributed by atoms with Crippen molar-refractivity contribution in [3.63, 3.8) is 0 Å². The van der Waals surface area contributed by atoms with Crippen LogP contribution in [-0.4, -0.2) is 33.3 Å². The summed E-state index contributed by atoms with van der Waals surface area (Å²) >= 11 is 1.54. The molecular weight excluding hydrogens is 324 g/mol. The number of nitrogens with one attached hydrogen (secondary N) is 2. The Kier molecular flexibility index (Phi) is 5.12. The molecule has 24 heavy (non-hydrogen) atoms. The number of fused-ring (bicyclic) bond motifs is 1. The zero-order chi connectivity index (χ0) is 16.9. The summed E-state index contributed by atoms with van der Waals surface area (Å²) in [7, 11) is 0. The van der Waals surface area contributed by atoms with Crippen LogP contribution in [0.4, 0.5) is 4.79 Å². The van der Waals surface area contributed by atoms with E-state index >= 15 is 0 Å². The highest BCUT2D eigenvalue weighted by molar-refractivity contribution is 7.19. The predicted octanol–water partition coefficient (Wildman–Crippen LogP) is 2.52. The fraction of sp³-hybridized carbons (Fsp3) is 0.294. The van der Waals surface area contributed by atoms with Crippen molar-refractivity contribution in [3.8, 4) is 0 Å². The summed E-state index contributed by atoms with van der Waals surface area (Å²) in [5.74, 6) is 0. The molecule has 2 unspecified atom stereocenters. The van der Waals surface area contributed by atoms with Crippen molar-refractivity contribution in [1.82, 2.24) is 20.2 Å². The summed E-state index contributed by atoms with van der Waals surface area (Å²) in [6, 6.07) is 9.62. The van der Waals surface area contributed by atoms with Crippen molar-refractivity contribution < 1.29 is 9.90 Å². The second-order valence-electron chi connectivity index (χ2n) is 5.72. The smallest absolute Gasteiger partial charge is 0.315 e. The van der Waals surface area contributed by atoms with E-state index in [0.717, 1.165) is 15.0 Å². The van der Waals surface area contributed by atoms with Gasteiger partial charge in [0.05, 0.1) is 12.9 Å². The van der Waals surface area contributed by atoms with Crippen molar-refractivity contribution in [1.29, 1.82) is 0 Å². The fourth-order valence-corrected chi connectivity index (χ4v) is 3.54. The second-order valence-corrected chi connectivity index (χ2v) is 6.83. The SMILES string of the molecule is CC(Cn1ccnc1)NC(=O)NCC(O)c1cc2ccccc2s1. The first-order valence-electron chi connectivity index (χ1n) is 7.78. The molecule has 0 aliphatic rings. The number of hydrogen-bond donors (Lipinski definition) is 3. The summed E-state index contributed by atoms with van der Waals surface area (Å²) in [6.45, 7) is 2.74. The molecule has 0 bridgehead atoms. The Balaban J connectivity index is 1.48. The van der Waals surface area contributed by atoms with E-state index in [9.17, 15) is 9.90 Å². The van der Waals surface area contributed by atoms with Crippen LogP contribution in [0.15, 0.2) is 49.1 Å².